The summed E-state index contributed by atoms with van der Waals surface area (Å²) >= 11 is 0. The van der Waals surface area contributed by atoms with Gasteiger partial charge in [-0.3, -0.25) is 4.79 Å². The van der Waals surface area contributed by atoms with Crippen LogP contribution in [0.4, 0.5) is 11.9 Å². The predicted octanol–water partition coefficient (Wildman–Crippen LogP) is 0.274. The van der Waals surface area contributed by atoms with E-state index in [4.69, 9.17) is 4.74 Å². The average Bonchev–Trinajstić information content (AvgIpc) is 2.54. The third kappa shape index (κ3) is 3.71. The highest BCUT2D eigenvalue weighted by atomic mass is 16.5. The van der Waals surface area contributed by atoms with Crippen molar-refractivity contribution in [2.24, 2.45) is 5.92 Å². The molecule has 8 heteroatoms. The Morgan fingerprint density at radius 2 is 2.05 bits per heavy atom. The van der Waals surface area contributed by atoms with Crippen molar-refractivity contribution < 1.29 is 9.53 Å². The van der Waals surface area contributed by atoms with Crippen LogP contribution in [-0.2, 0) is 4.79 Å². The van der Waals surface area contributed by atoms with Crippen molar-refractivity contribution in [3.05, 3.63) is 0 Å². The Hall–Kier alpha value is -2.12. The number of piperidine rings is 1. The maximum Gasteiger partial charge on any atom is 0.322 e. The second-order valence-corrected chi connectivity index (χ2v) is 4.85. The predicted molar refractivity (Wildman–Crippen MR) is 79.5 cm³/mol. The van der Waals surface area contributed by atoms with Crippen LogP contribution in [0.15, 0.2) is 0 Å². The quantitative estimate of drug-likeness (QED) is 0.805. The molecule has 0 bridgehead atoms. The number of ether oxygens (including phenoxy) is 1. The normalized spacial score (nSPS) is 15.7. The number of nitrogens with zero attached hydrogens (tertiary/aromatic N) is 4. The summed E-state index contributed by atoms with van der Waals surface area (Å²) in [6, 6.07) is 0.296. The van der Waals surface area contributed by atoms with Gasteiger partial charge in [0.1, 0.15) is 0 Å². The van der Waals surface area contributed by atoms with Crippen LogP contribution in [0.25, 0.3) is 0 Å². The molecule has 0 radical (unpaired) electrons. The van der Waals surface area contributed by atoms with Crippen molar-refractivity contribution in [2.45, 2.75) is 19.8 Å². The molecule has 1 aromatic rings. The van der Waals surface area contributed by atoms with Gasteiger partial charge in [0, 0.05) is 32.6 Å². The fraction of sp³-hybridized carbons (Fsp3) is 0.692. The fourth-order valence-electron chi connectivity index (χ4n) is 2.36. The van der Waals surface area contributed by atoms with Gasteiger partial charge in [0.2, 0.25) is 17.8 Å². The molecule has 1 amide bonds. The Bertz CT molecular complexity index is 488. The van der Waals surface area contributed by atoms with Gasteiger partial charge in [-0.1, -0.05) is 0 Å². The highest BCUT2D eigenvalue weighted by Gasteiger charge is 2.26. The van der Waals surface area contributed by atoms with E-state index in [0.29, 0.717) is 17.9 Å². The van der Waals surface area contributed by atoms with Crippen molar-refractivity contribution in [1.29, 1.82) is 0 Å². The van der Waals surface area contributed by atoms with Gasteiger partial charge in [-0.05, 0) is 19.8 Å². The molecule has 0 spiro atoms. The van der Waals surface area contributed by atoms with E-state index >= 15 is 0 Å². The number of aromatic nitrogens is 3. The number of methoxy groups -OCH3 is 1. The summed E-state index contributed by atoms with van der Waals surface area (Å²) in [5.41, 5.74) is 0. The summed E-state index contributed by atoms with van der Waals surface area (Å²) < 4.78 is 5.12. The first-order valence-corrected chi connectivity index (χ1v) is 7.18. The molecule has 2 heterocycles. The molecule has 1 aromatic heterocycles. The summed E-state index contributed by atoms with van der Waals surface area (Å²) in [6.07, 6.45) is 1.59. The molecular weight excluding hydrogens is 272 g/mol. The average molecular weight is 294 g/mol. The first kappa shape index (κ1) is 15.3. The minimum absolute atomic E-state index is 0.0724. The van der Waals surface area contributed by atoms with Crippen molar-refractivity contribution in [2.75, 3.05) is 44.0 Å². The zero-order valence-electron chi connectivity index (χ0n) is 12.7. The molecule has 116 valence electrons. The number of carbonyl (C=O) groups excluding carboxylic acids is 1. The molecule has 1 fully saturated rings. The largest absolute Gasteiger partial charge is 0.467 e. The Balaban J connectivity index is 2.08. The van der Waals surface area contributed by atoms with E-state index in [1.165, 1.54) is 7.11 Å². The minimum atomic E-state index is 0.0724. The Morgan fingerprint density at radius 3 is 2.62 bits per heavy atom. The summed E-state index contributed by atoms with van der Waals surface area (Å²) in [4.78, 5) is 26.5. The molecule has 2 rings (SSSR count). The van der Waals surface area contributed by atoms with Gasteiger partial charge in [0.15, 0.2) is 0 Å². The van der Waals surface area contributed by atoms with Gasteiger partial charge in [-0.15, -0.1) is 0 Å². The first-order valence-electron chi connectivity index (χ1n) is 7.18. The highest BCUT2D eigenvalue weighted by molar-refractivity contribution is 5.78. The maximum atomic E-state index is 11.6. The lowest BCUT2D eigenvalue weighted by Crippen LogP contribution is -2.40. The summed E-state index contributed by atoms with van der Waals surface area (Å²) in [5.74, 6) is 1.28. The molecular formula is C13H22N6O2. The van der Waals surface area contributed by atoms with E-state index in [-0.39, 0.29) is 11.8 Å². The third-order valence-corrected chi connectivity index (χ3v) is 3.52. The molecule has 0 aromatic carbocycles. The van der Waals surface area contributed by atoms with Crippen LogP contribution in [0.2, 0.25) is 0 Å². The van der Waals surface area contributed by atoms with Gasteiger partial charge < -0.3 is 20.3 Å². The van der Waals surface area contributed by atoms with E-state index in [2.05, 4.69) is 30.5 Å². The zero-order chi connectivity index (χ0) is 15.2. The standard InChI is InChI=1S/C13H22N6O2/c1-4-15-11-16-12(18-13(17-11)21-3)19-7-5-9(6-8-19)10(20)14-2/h9H,4-8H2,1-3H3,(H,14,20)(H,15,16,17,18). The first-order chi connectivity index (χ1) is 10.2. The van der Waals surface area contributed by atoms with E-state index in [1.54, 1.807) is 7.05 Å². The summed E-state index contributed by atoms with van der Waals surface area (Å²) in [5, 5.41) is 5.77. The number of amides is 1. The van der Waals surface area contributed by atoms with E-state index < -0.39 is 0 Å². The van der Waals surface area contributed by atoms with E-state index in [0.717, 1.165) is 32.5 Å². The molecule has 0 aliphatic carbocycles. The molecule has 1 aliphatic rings. The molecule has 21 heavy (non-hydrogen) atoms. The number of carbonyl (C=O) groups is 1. The lowest BCUT2D eigenvalue weighted by atomic mass is 9.96. The highest BCUT2D eigenvalue weighted by Crippen LogP contribution is 2.22. The van der Waals surface area contributed by atoms with Crippen LogP contribution < -0.4 is 20.3 Å². The second-order valence-electron chi connectivity index (χ2n) is 4.85. The smallest absolute Gasteiger partial charge is 0.322 e. The SMILES string of the molecule is CCNc1nc(OC)nc(N2CCC(C(=O)NC)CC2)n1. The van der Waals surface area contributed by atoms with Crippen molar-refractivity contribution in [3.8, 4) is 6.01 Å². The number of anilines is 2. The number of nitrogens with one attached hydrogen (secondary N) is 2. The Labute approximate surface area is 124 Å². The van der Waals surface area contributed by atoms with Gasteiger partial charge in [0.25, 0.3) is 0 Å². The van der Waals surface area contributed by atoms with Crippen molar-refractivity contribution in [3.63, 3.8) is 0 Å². The lowest BCUT2D eigenvalue weighted by Gasteiger charge is -2.31. The fourth-order valence-corrected chi connectivity index (χ4v) is 2.36. The second kappa shape index (κ2) is 7.05. The monoisotopic (exact) mass is 294 g/mol. The van der Waals surface area contributed by atoms with Gasteiger partial charge >= 0.3 is 6.01 Å². The molecule has 0 atom stereocenters. The Morgan fingerprint density at radius 1 is 1.33 bits per heavy atom. The van der Waals surface area contributed by atoms with Crippen LogP contribution >= 0.6 is 0 Å². The Kier molecular flexibility index (Phi) is 5.13. The van der Waals surface area contributed by atoms with Crippen molar-refractivity contribution in [1.82, 2.24) is 20.3 Å². The van der Waals surface area contributed by atoms with Crippen LogP contribution in [-0.4, -0.2) is 54.7 Å². The summed E-state index contributed by atoms with van der Waals surface area (Å²) in [7, 11) is 3.21. The molecule has 0 unspecified atom stereocenters. The van der Waals surface area contributed by atoms with Gasteiger partial charge in [-0.25, -0.2) is 0 Å². The number of hydrogen-bond acceptors (Lipinski definition) is 7. The number of rotatable bonds is 5. The molecule has 0 saturated carbocycles. The van der Waals surface area contributed by atoms with Gasteiger partial charge in [-0.2, -0.15) is 15.0 Å². The molecule has 8 nitrogen and oxygen atoms in total. The zero-order valence-corrected chi connectivity index (χ0v) is 12.7. The van der Waals surface area contributed by atoms with Crippen LogP contribution in [0.3, 0.4) is 0 Å². The van der Waals surface area contributed by atoms with Crippen LogP contribution in [0, 0.1) is 5.92 Å². The lowest BCUT2D eigenvalue weighted by molar-refractivity contribution is -0.125. The van der Waals surface area contributed by atoms with Crippen molar-refractivity contribution >= 4 is 17.8 Å². The molecule has 2 N–H and O–H groups in total. The maximum absolute atomic E-state index is 11.6. The molecule has 1 aliphatic heterocycles. The van der Waals surface area contributed by atoms with E-state index in [1.807, 2.05) is 6.92 Å². The summed E-state index contributed by atoms with van der Waals surface area (Å²) in [6.45, 7) is 4.20. The van der Waals surface area contributed by atoms with E-state index in [9.17, 15) is 4.79 Å². The molecule has 1 saturated heterocycles. The topological polar surface area (TPSA) is 92.3 Å². The van der Waals surface area contributed by atoms with Crippen LogP contribution in [0.5, 0.6) is 6.01 Å². The van der Waals surface area contributed by atoms with Crippen LogP contribution in [0.1, 0.15) is 19.8 Å². The van der Waals surface area contributed by atoms with Gasteiger partial charge in [0.05, 0.1) is 7.11 Å². The number of hydrogen-bond donors (Lipinski definition) is 2. The third-order valence-electron chi connectivity index (χ3n) is 3.52. The minimum Gasteiger partial charge on any atom is -0.467 e.